The summed E-state index contributed by atoms with van der Waals surface area (Å²) in [4.78, 5) is 14.0. The SMILES string of the molecule is COCCN(Cc1ccc(OC)c(OS(C)(=O)=O)c1)C(=O)C(C)C. The van der Waals surface area contributed by atoms with E-state index in [4.69, 9.17) is 13.7 Å². The second kappa shape index (κ2) is 8.89. The van der Waals surface area contributed by atoms with E-state index in [1.54, 1.807) is 30.2 Å². The van der Waals surface area contributed by atoms with E-state index >= 15 is 0 Å². The second-order valence-electron chi connectivity index (χ2n) is 5.68. The van der Waals surface area contributed by atoms with Gasteiger partial charge in [-0.15, -0.1) is 0 Å². The molecule has 1 aromatic carbocycles. The lowest BCUT2D eigenvalue weighted by molar-refractivity contribution is -0.135. The fourth-order valence-electron chi connectivity index (χ4n) is 2.10. The highest BCUT2D eigenvalue weighted by Crippen LogP contribution is 2.29. The van der Waals surface area contributed by atoms with Crippen LogP contribution >= 0.6 is 0 Å². The third-order valence-electron chi connectivity index (χ3n) is 3.21. The minimum absolute atomic E-state index is 0.00607. The van der Waals surface area contributed by atoms with Gasteiger partial charge in [-0.1, -0.05) is 19.9 Å². The Morgan fingerprint density at radius 2 is 1.88 bits per heavy atom. The molecular weight excluding hydrogens is 334 g/mol. The summed E-state index contributed by atoms with van der Waals surface area (Å²) in [7, 11) is -0.679. The molecule has 24 heavy (non-hydrogen) atoms. The number of benzene rings is 1. The molecule has 1 aromatic rings. The van der Waals surface area contributed by atoms with E-state index in [1.165, 1.54) is 7.11 Å². The van der Waals surface area contributed by atoms with Gasteiger partial charge < -0.3 is 18.6 Å². The maximum absolute atomic E-state index is 12.3. The van der Waals surface area contributed by atoms with Crippen molar-refractivity contribution in [2.75, 3.05) is 33.6 Å². The van der Waals surface area contributed by atoms with E-state index in [0.29, 0.717) is 25.4 Å². The van der Waals surface area contributed by atoms with Crippen LogP contribution in [0.4, 0.5) is 0 Å². The highest BCUT2D eigenvalue weighted by molar-refractivity contribution is 7.86. The number of rotatable bonds is 9. The Kier molecular flexibility index (Phi) is 7.50. The molecular formula is C16H25NO6S. The lowest BCUT2D eigenvalue weighted by Gasteiger charge is -2.24. The third kappa shape index (κ3) is 6.37. The number of hydrogen-bond donors (Lipinski definition) is 0. The average Bonchev–Trinajstić information content (AvgIpc) is 2.49. The first-order chi connectivity index (χ1) is 11.2. The van der Waals surface area contributed by atoms with Gasteiger partial charge in [0, 0.05) is 26.1 Å². The smallest absolute Gasteiger partial charge is 0.306 e. The Hall–Kier alpha value is -1.80. The highest BCUT2D eigenvalue weighted by Gasteiger charge is 2.19. The Balaban J connectivity index is 3.06. The molecule has 0 aromatic heterocycles. The highest BCUT2D eigenvalue weighted by atomic mass is 32.2. The topological polar surface area (TPSA) is 82.1 Å². The molecule has 0 spiro atoms. The predicted molar refractivity (Wildman–Crippen MR) is 90.6 cm³/mol. The van der Waals surface area contributed by atoms with E-state index in [2.05, 4.69) is 0 Å². The van der Waals surface area contributed by atoms with Crippen molar-refractivity contribution in [1.29, 1.82) is 0 Å². The Labute approximate surface area is 143 Å². The maximum Gasteiger partial charge on any atom is 0.306 e. The zero-order chi connectivity index (χ0) is 18.3. The van der Waals surface area contributed by atoms with Gasteiger partial charge in [0.05, 0.1) is 20.0 Å². The molecule has 0 saturated carbocycles. The summed E-state index contributed by atoms with van der Waals surface area (Å²) in [5.41, 5.74) is 0.736. The summed E-state index contributed by atoms with van der Waals surface area (Å²) in [6, 6.07) is 4.94. The van der Waals surface area contributed by atoms with E-state index in [9.17, 15) is 13.2 Å². The largest absolute Gasteiger partial charge is 0.493 e. The van der Waals surface area contributed by atoms with Gasteiger partial charge in [-0.25, -0.2) is 0 Å². The Morgan fingerprint density at radius 3 is 2.38 bits per heavy atom. The molecule has 7 nitrogen and oxygen atoms in total. The predicted octanol–water partition coefficient (Wildman–Crippen LogP) is 1.66. The number of hydrogen-bond acceptors (Lipinski definition) is 6. The average molecular weight is 359 g/mol. The molecule has 8 heteroatoms. The molecule has 0 atom stereocenters. The lowest BCUT2D eigenvalue weighted by Crippen LogP contribution is -2.36. The van der Waals surface area contributed by atoms with Crippen LogP contribution in [-0.4, -0.2) is 52.9 Å². The van der Waals surface area contributed by atoms with E-state index in [1.807, 2.05) is 13.8 Å². The van der Waals surface area contributed by atoms with Crippen molar-refractivity contribution in [1.82, 2.24) is 4.90 Å². The minimum atomic E-state index is -3.68. The zero-order valence-electron chi connectivity index (χ0n) is 14.7. The van der Waals surface area contributed by atoms with Crippen molar-refractivity contribution >= 4 is 16.0 Å². The Morgan fingerprint density at radius 1 is 1.21 bits per heavy atom. The van der Waals surface area contributed by atoms with Gasteiger partial charge >= 0.3 is 10.1 Å². The minimum Gasteiger partial charge on any atom is -0.493 e. The van der Waals surface area contributed by atoms with Crippen LogP contribution in [-0.2, 0) is 26.2 Å². The summed E-state index contributed by atoms with van der Waals surface area (Å²) in [6.07, 6.45) is 0.965. The van der Waals surface area contributed by atoms with Crippen LogP contribution in [0.25, 0.3) is 0 Å². The molecule has 0 aliphatic heterocycles. The molecule has 0 aliphatic carbocycles. The molecule has 1 rings (SSSR count). The number of amides is 1. The fraction of sp³-hybridized carbons (Fsp3) is 0.562. The van der Waals surface area contributed by atoms with Crippen LogP contribution in [0.15, 0.2) is 18.2 Å². The van der Waals surface area contributed by atoms with Crippen molar-refractivity contribution in [3.63, 3.8) is 0 Å². The van der Waals surface area contributed by atoms with Gasteiger partial charge in [-0.3, -0.25) is 4.79 Å². The second-order valence-corrected chi connectivity index (χ2v) is 7.25. The molecule has 0 fully saturated rings. The molecule has 0 bridgehead atoms. The maximum atomic E-state index is 12.3. The van der Waals surface area contributed by atoms with Crippen molar-refractivity contribution < 1.29 is 26.9 Å². The van der Waals surface area contributed by atoms with Crippen LogP contribution in [0.1, 0.15) is 19.4 Å². The molecule has 0 aliphatic rings. The van der Waals surface area contributed by atoms with Gasteiger partial charge in [0.2, 0.25) is 5.91 Å². The molecule has 0 heterocycles. The molecule has 136 valence electrons. The van der Waals surface area contributed by atoms with Crippen LogP contribution < -0.4 is 8.92 Å². The summed E-state index contributed by atoms with van der Waals surface area (Å²) in [5, 5.41) is 0. The number of ether oxygens (including phenoxy) is 2. The first kappa shape index (κ1) is 20.2. The van der Waals surface area contributed by atoms with E-state index in [-0.39, 0.29) is 17.6 Å². The lowest BCUT2D eigenvalue weighted by atomic mass is 10.1. The van der Waals surface area contributed by atoms with Gasteiger partial charge in [-0.2, -0.15) is 8.42 Å². The summed E-state index contributed by atoms with van der Waals surface area (Å²) in [5.74, 6) is 0.254. The number of methoxy groups -OCH3 is 2. The van der Waals surface area contributed by atoms with Gasteiger partial charge in [0.15, 0.2) is 11.5 Å². The standard InChI is InChI=1S/C16H25NO6S/c1-12(2)16(18)17(8-9-21-3)11-13-6-7-14(22-4)15(10-13)23-24(5,19)20/h6-7,10,12H,8-9,11H2,1-5H3. The van der Waals surface area contributed by atoms with Gasteiger partial charge in [-0.05, 0) is 17.7 Å². The molecule has 0 saturated heterocycles. The van der Waals surface area contributed by atoms with Crippen LogP contribution in [0, 0.1) is 5.92 Å². The number of nitrogens with zero attached hydrogens (tertiary/aromatic N) is 1. The van der Waals surface area contributed by atoms with Crippen molar-refractivity contribution in [3.8, 4) is 11.5 Å². The zero-order valence-corrected chi connectivity index (χ0v) is 15.6. The van der Waals surface area contributed by atoms with Gasteiger partial charge in [0.25, 0.3) is 0 Å². The van der Waals surface area contributed by atoms with Crippen LogP contribution in [0.2, 0.25) is 0 Å². The number of carbonyl (C=O) groups is 1. The van der Waals surface area contributed by atoms with Crippen molar-refractivity contribution in [3.05, 3.63) is 23.8 Å². The van der Waals surface area contributed by atoms with Gasteiger partial charge in [0.1, 0.15) is 0 Å². The van der Waals surface area contributed by atoms with Crippen molar-refractivity contribution in [2.45, 2.75) is 20.4 Å². The molecule has 0 N–H and O–H groups in total. The molecule has 0 unspecified atom stereocenters. The molecule has 1 amide bonds. The fourth-order valence-corrected chi connectivity index (χ4v) is 2.56. The van der Waals surface area contributed by atoms with E-state index in [0.717, 1.165) is 11.8 Å². The quantitative estimate of drug-likeness (QED) is 0.624. The first-order valence-corrected chi connectivity index (χ1v) is 9.33. The van der Waals surface area contributed by atoms with E-state index < -0.39 is 10.1 Å². The summed E-state index contributed by atoms with van der Waals surface area (Å²) in [6.45, 7) is 4.84. The summed E-state index contributed by atoms with van der Waals surface area (Å²) >= 11 is 0. The molecule has 0 radical (unpaired) electrons. The third-order valence-corrected chi connectivity index (χ3v) is 3.70. The number of carbonyl (C=O) groups excluding carboxylic acids is 1. The normalized spacial score (nSPS) is 11.4. The van der Waals surface area contributed by atoms with Crippen LogP contribution in [0.5, 0.6) is 11.5 Å². The van der Waals surface area contributed by atoms with Crippen molar-refractivity contribution in [2.24, 2.45) is 5.92 Å². The monoisotopic (exact) mass is 359 g/mol. The Bertz CT molecular complexity index is 657. The summed E-state index contributed by atoms with van der Waals surface area (Å²) < 4.78 is 37.9. The van der Waals surface area contributed by atoms with Crippen LogP contribution in [0.3, 0.4) is 0 Å². The first-order valence-electron chi connectivity index (χ1n) is 7.52.